The Morgan fingerprint density at radius 2 is 2.06 bits per heavy atom. The maximum absolute atomic E-state index is 9.78. The number of β-amino-alcohol motifs (C(OH)–C–C–N with tert-alkyl or cyclic N) is 1. The lowest BCUT2D eigenvalue weighted by Crippen LogP contribution is -2.47. The van der Waals surface area contributed by atoms with Crippen LogP contribution in [0.1, 0.15) is 6.92 Å². The van der Waals surface area contributed by atoms with Gasteiger partial charge in [-0.1, -0.05) is 0 Å². The van der Waals surface area contributed by atoms with Crippen molar-refractivity contribution in [2.24, 2.45) is 0 Å². The molecule has 1 fully saturated rings. The van der Waals surface area contributed by atoms with Gasteiger partial charge in [0.2, 0.25) is 0 Å². The van der Waals surface area contributed by atoms with Crippen LogP contribution in [0.5, 0.6) is 0 Å². The Kier molecular flexibility index (Phi) is 6.32. The molecule has 0 bridgehead atoms. The Morgan fingerprint density at radius 3 is 2.65 bits per heavy atom. The summed E-state index contributed by atoms with van der Waals surface area (Å²) in [4.78, 5) is 2.15. The van der Waals surface area contributed by atoms with Gasteiger partial charge in [0.25, 0.3) is 0 Å². The number of nitrogens with zero attached hydrogens (tertiary/aromatic N) is 1. The van der Waals surface area contributed by atoms with Crippen LogP contribution >= 0.6 is 0 Å². The molecule has 0 amide bonds. The molecule has 1 rings (SSSR count). The van der Waals surface area contributed by atoms with E-state index in [4.69, 9.17) is 9.84 Å². The SMILES string of the molecule is CC(O)(CO)CNCC(O)CN1CCOCC1. The number of hydrogen-bond acceptors (Lipinski definition) is 6. The number of nitrogens with one attached hydrogen (secondary N) is 1. The van der Waals surface area contributed by atoms with Crippen LogP contribution in [0.25, 0.3) is 0 Å². The zero-order valence-corrected chi connectivity index (χ0v) is 10.4. The maximum Gasteiger partial charge on any atom is 0.0972 e. The van der Waals surface area contributed by atoms with Crippen molar-refractivity contribution in [2.75, 3.05) is 52.5 Å². The van der Waals surface area contributed by atoms with Gasteiger partial charge in [0.05, 0.1) is 31.5 Å². The maximum atomic E-state index is 9.78. The molecule has 102 valence electrons. The lowest BCUT2D eigenvalue weighted by Gasteiger charge is -2.29. The molecule has 0 aromatic heterocycles. The molecule has 1 aliphatic rings. The summed E-state index contributed by atoms with van der Waals surface area (Å²) in [6, 6.07) is 0. The van der Waals surface area contributed by atoms with Gasteiger partial charge in [0, 0.05) is 32.7 Å². The zero-order chi connectivity index (χ0) is 12.7. The van der Waals surface area contributed by atoms with Gasteiger partial charge < -0.3 is 25.4 Å². The highest BCUT2D eigenvalue weighted by Crippen LogP contribution is 2.00. The lowest BCUT2D eigenvalue weighted by atomic mass is 10.1. The highest BCUT2D eigenvalue weighted by atomic mass is 16.5. The summed E-state index contributed by atoms with van der Waals surface area (Å²) in [6.45, 7) is 5.69. The quantitative estimate of drug-likeness (QED) is 0.417. The van der Waals surface area contributed by atoms with Crippen LogP contribution in [0.4, 0.5) is 0 Å². The third-order valence-electron chi connectivity index (χ3n) is 2.80. The van der Waals surface area contributed by atoms with E-state index in [-0.39, 0.29) is 13.2 Å². The standard InChI is InChI=1S/C11H24N2O4/c1-11(16,9-14)8-12-6-10(15)7-13-2-4-17-5-3-13/h10,12,14-16H,2-9H2,1H3. The normalized spacial score (nSPS) is 23.3. The average molecular weight is 248 g/mol. The number of aliphatic hydroxyl groups excluding tert-OH is 2. The topological polar surface area (TPSA) is 85.2 Å². The Morgan fingerprint density at radius 1 is 1.41 bits per heavy atom. The van der Waals surface area contributed by atoms with Crippen molar-refractivity contribution in [3.8, 4) is 0 Å². The molecule has 0 aromatic carbocycles. The first-order chi connectivity index (χ1) is 8.03. The fourth-order valence-corrected chi connectivity index (χ4v) is 1.71. The molecule has 0 aliphatic carbocycles. The lowest BCUT2D eigenvalue weighted by molar-refractivity contribution is -0.00370. The van der Waals surface area contributed by atoms with Gasteiger partial charge in [-0.05, 0) is 6.92 Å². The van der Waals surface area contributed by atoms with Gasteiger partial charge in [-0.2, -0.15) is 0 Å². The fraction of sp³-hybridized carbons (Fsp3) is 1.00. The van der Waals surface area contributed by atoms with E-state index < -0.39 is 11.7 Å². The molecule has 0 spiro atoms. The van der Waals surface area contributed by atoms with Crippen LogP contribution in [0.3, 0.4) is 0 Å². The van der Waals surface area contributed by atoms with Crippen molar-refractivity contribution in [1.29, 1.82) is 0 Å². The van der Waals surface area contributed by atoms with Gasteiger partial charge in [-0.25, -0.2) is 0 Å². The summed E-state index contributed by atoms with van der Waals surface area (Å²) in [5.74, 6) is 0. The molecule has 17 heavy (non-hydrogen) atoms. The number of hydrogen-bond donors (Lipinski definition) is 4. The van der Waals surface area contributed by atoms with Gasteiger partial charge in [-0.3, -0.25) is 4.90 Å². The van der Waals surface area contributed by atoms with Crippen LogP contribution in [0, 0.1) is 0 Å². The molecule has 1 aliphatic heterocycles. The van der Waals surface area contributed by atoms with E-state index in [1.807, 2.05) is 0 Å². The van der Waals surface area contributed by atoms with E-state index in [0.717, 1.165) is 26.3 Å². The monoisotopic (exact) mass is 248 g/mol. The van der Waals surface area contributed by atoms with Crippen molar-refractivity contribution >= 4 is 0 Å². The molecule has 0 radical (unpaired) electrons. The average Bonchev–Trinajstić information content (AvgIpc) is 2.30. The number of ether oxygens (including phenoxy) is 1. The predicted molar refractivity (Wildman–Crippen MR) is 63.8 cm³/mol. The van der Waals surface area contributed by atoms with Gasteiger partial charge in [-0.15, -0.1) is 0 Å². The molecular formula is C11H24N2O4. The Labute approximate surface area is 102 Å². The summed E-state index contributed by atoms with van der Waals surface area (Å²) in [5, 5.41) is 31.1. The summed E-state index contributed by atoms with van der Waals surface area (Å²) >= 11 is 0. The minimum atomic E-state index is -1.13. The highest BCUT2D eigenvalue weighted by Gasteiger charge is 2.19. The first kappa shape index (κ1) is 14.8. The zero-order valence-electron chi connectivity index (χ0n) is 10.4. The predicted octanol–water partition coefficient (Wildman–Crippen LogP) is -1.99. The Balaban J connectivity index is 2.10. The van der Waals surface area contributed by atoms with Crippen molar-refractivity contribution in [2.45, 2.75) is 18.6 Å². The summed E-state index contributed by atoms with van der Waals surface area (Å²) < 4.78 is 5.22. The molecule has 6 heteroatoms. The first-order valence-corrected chi connectivity index (χ1v) is 6.05. The van der Waals surface area contributed by atoms with Crippen LogP contribution in [0.15, 0.2) is 0 Å². The first-order valence-electron chi connectivity index (χ1n) is 6.05. The number of aliphatic hydroxyl groups is 3. The van der Waals surface area contributed by atoms with Crippen molar-refractivity contribution in [3.63, 3.8) is 0 Å². The third kappa shape index (κ3) is 6.30. The molecule has 0 saturated carbocycles. The van der Waals surface area contributed by atoms with E-state index >= 15 is 0 Å². The molecule has 2 unspecified atom stereocenters. The van der Waals surface area contributed by atoms with Crippen molar-refractivity contribution in [1.82, 2.24) is 10.2 Å². The summed E-state index contributed by atoms with van der Waals surface area (Å²) in [7, 11) is 0. The molecule has 1 saturated heterocycles. The number of morpholine rings is 1. The Hall–Kier alpha value is -0.240. The van der Waals surface area contributed by atoms with Gasteiger partial charge in [0.1, 0.15) is 0 Å². The summed E-state index contributed by atoms with van der Waals surface area (Å²) in [5.41, 5.74) is -1.13. The van der Waals surface area contributed by atoms with Crippen LogP contribution in [-0.4, -0.2) is 84.5 Å². The van der Waals surface area contributed by atoms with Gasteiger partial charge >= 0.3 is 0 Å². The second-order valence-electron chi connectivity index (χ2n) is 4.85. The van der Waals surface area contributed by atoms with E-state index in [9.17, 15) is 10.2 Å². The van der Waals surface area contributed by atoms with Crippen LogP contribution < -0.4 is 5.32 Å². The molecule has 1 heterocycles. The molecular weight excluding hydrogens is 224 g/mol. The van der Waals surface area contributed by atoms with E-state index in [0.29, 0.717) is 13.1 Å². The van der Waals surface area contributed by atoms with E-state index in [1.165, 1.54) is 0 Å². The van der Waals surface area contributed by atoms with Crippen molar-refractivity contribution in [3.05, 3.63) is 0 Å². The highest BCUT2D eigenvalue weighted by molar-refractivity contribution is 4.76. The summed E-state index contributed by atoms with van der Waals surface area (Å²) in [6.07, 6.45) is -0.470. The molecule has 6 nitrogen and oxygen atoms in total. The van der Waals surface area contributed by atoms with E-state index in [1.54, 1.807) is 6.92 Å². The second-order valence-corrected chi connectivity index (χ2v) is 4.85. The third-order valence-corrected chi connectivity index (χ3v) is 2.80. The Bertz CT molecular complexity index is 208. The minimum absolute atomic E-state index is 0.268. The molecule has 2 atom stereocenters. The van der Waals surface area contributed by atoms with Crippen LogP contribution in [-0.2, 0) is 4.74 Å². The molecule has 0 aromatic rings. The fourth-order valence-electron chi connectivity index (χ4n) is 1.71. The largest absolute Gasteiger partial charge is 0.393 e. The van der Waals surface area contributed by atoms with Crippen molar-refractivity contribution < 1.29 is 20.1 Å². The number of rotatable bonds is 7. The van der Waals surface area contributed by atoms with Crippen LogP contribution in [0.2, 0.25) is 0 Å². The van der Waals surface area contributed by atoms with E-state index in [2.05, 4.69) is 10.2 Å². The van der Waals surface area contributed by atoms with Gasteiger partial charge in [0.15, 0.2) is 0 Å². The molecule has 4 N–H and O–H groups in total. The smallest absolute Gasteiger partial charge is 0.0972 e. The minimum Gasteiger partial charge on any atom is -0.393 e. The second kappa shape index (κ2) is 7.25.